The van der Waals surface area contributed by atoms with Crippen molar-refractivity contribution in [1.82, 2.24) is 9.55 Å². The number of nitrogens with zero attached hydrogens (tertiary/aromatic N) is 2. The fourth-order valence-electron chi connectivity index (χ4n) is 5.45. The highest BCUT2D eigenvalue weighted by Crippen LogP contribution is 2.55. The average molecular weight is 449 g/mol. The summed E-state index contributed by atoms with van der Waals surface area (Å²) in [4.78, 5) is 4.93. The van der Waals surface area contributed by atoms with E-state index in [0.717, 1.165) is 5.82 Å². The molecular formula is C32H36N2. The number of hydrogen-bond acceptors (Lipinski definition) is 1. The number of aromatic nitrogens is 2. The molecule has 0 N–H and O–H groups in total. The summed E-state index contributed by atoms with van der Waals surface area (Å²) in [5.41, 5.74) is 9.51. The first-order valence-electron chi connectivity index (χ1n) is 12.7. The molecule has 4 aromatic rings. The molecule has 1 aliphatic carbocycles. The van der Waals surface area contributed by atoms with Gasteiger partial charge in [-0.1, -0.05) is 96.1 Å². The molecular weight excluding hydrogens is 412 g/mol. The molecule has 3 aromatic carbocycles. The first-order chi connectivity index (χ1) is 16.3. The van der Waals surface area contributed by atoms with Gasteiger partial charge >= 0.3 is 0 Å². The highest BCUT2D eigenvalue weighted by molar-refractivity contribution is 5.72. The van der Waals surface area contributed by atoms with Gasteiger partial charge in [0.15, 0.2) is 0 Å². The Bertz CT molecular complexity index is 1280. The lowest BCUT2D eigenvalue weighted by molar-refractivity contribution is 0.702. The van der Waals surface area contributed by atoms with Gasteiger partial charge in [-0.2, -0.15) is 0 Å². The van der Waals surface area contributed by atoms with Crippen LogP contribution in [0, 0.1) is 5.92 Å². The highest BCUT2D eigenvalue weighted by Gasteiger charge is 2.49. The highest BCUT2D eigenvalue weighted by atomic mass is 15.1. The summed E-state index contributed by atoms with van der Waals surface area (Å²) in [6.07, 6.45) is 5.36. The zero-order valence-corrected chi connectivity index (χ0v) is 21.3. The smallest absolute Gasteiger partial charge is 0.144 e. The third-order valence-electron chi connectivity index (χ3n) is 7.84. The number of benzene rings is 3. The van der Waals surface area contributed by atoms with Crippen LogP contribution in [-0.4, -0.2) is 9.55 Å². The molecule has 0 radical (unpaired) electrons. The molecule has 0 aliphatic heterocycles. The molecule has 1 aliphatic rings. The molecule has 0 saturated heterocycles. The molecule has 5 rings (SSSR count). The van der Waals surface area contributed by atoms with Crippen molar-refractivity contribution in [3.63, 3.8) is 0 Å². The Morgan fingerprint density at radius 1 is 0.853 bits per heavy atom. The van der Waals surface area contributed by atoms with Gasteiger partial charge in [-0.05, 0) is 69.5 Å². The van der Waals surface area contributed by atoms with Gasteiger partial charge in [0.25, 0.3) is 0 Å². The molecule has 2 heteroatoms. The van der Waals surface area contributed by atoms with Crippen LogP contribution in [0.15, 0.2) is 79.1 Å². The van der Waals surface area contributed by atoms with Crippen LogP contribution in [0.2, 0.25) is 0 Å². The number of hydrogen-bond donors (Lipinski definition) is 0. The normalized spacial score (nSPS) is 19.7. The van der Waals surface area contributed by atoms with Crippen molar-refractivity contribution in [3.8, 4) is 28.2 Å². The predicted octanol–water partition coefficient (Wildman–Crippen LogP) is 8.75. The van der Waals surface area contributed by atoms with Crippen LogP contribution in [0.4, 0.5) is 0 Å². The molecule has 1 saturated carbocycles. The maximum absolute atomic E-state index is 4.93. The van der Waals surface area contributed by atoms with Gasteiger partial charge in [0.05, 0.1) is 5.69 Å². The van der Waals surface area contributed by atoms with Gasteiger partial charge in [0.2, 0.25) is 0 Å². The van der Waals surface area contributed by atoms with Crippen LogP contribution in [-0.2, 0) is 5.41 Å². The largest absolute Gasteiger partial charge is 0.299 e. The van der Waals surface area contributed by atoms with Gasteiger partial charge in [-0.15, -0.1) is 0 Å². The van der Waals surface area contributed by atoms with Crippen LogP contribution in [0.5, 0.6) is 0 Å². The standard InChI is InChI=1S/C32H36N2/c1-21(2)27-18-25(24-12-8-7-9-13-24)19-28(22(3)4)30(27)34-17-16-33-31(34)26-14-10-11-15-29(26)32(6)20-23(32)5/h7-19,21-23H,20H2,1-6H3/t23-,32?/m1/s1. The van der Waals surface area contributed by atoms with E-state index in [1.54, 1.807) is 0 Å². The van der Waals surface area contributed by atoms with E-state index >= 15 is 0 Å². The minimum atomic E-state index is 0.242. The van der Waals surface area contributed by atoms with Crippen LogP contribution in [0.1, 0.15) is 76.5 Å². The molecule has 1 heterocycles. The summed E-state index contributed by atoms with van der Waals surface area (Å²) in [5, 5.41) is 0. The zero-order valence-electron chi connectivity index (χ0n) is 21.3. The Morgan fingerprint density at radius 3 is 2.03 bits per heavy atom. The van der Waals surface area contributed by atoms with Crippen molar-refractivity contribution in [1.29, 1.82) is 0 Å². The Kier molecular flexibility index (Phi) is 5.72. The van der Waals surface area contributed by atoms with E-state index in [9.17, 15) is 0 Å². The molecule has 174 valence electrons. The Balaban J connectivity index is 1.74. The molecule has 2 atom stereocenters. The molecule has 0 spiro atoms. The summed E-state index contributed by atoms with van der Waals surface area (Å²) in [5.74, 6) is 2.54. The molecule has 34 heavy (non-hydrogen) atoms. The summed E-state index contributed by atoms with van der Waals surface area (Å²) >= 11 is 0. The second-order valence-electron chi connectivity index (χ2n) is 10.9. The first-order valence-corrected chi connectivity index (χ1v) is 12.7. The SMILES string of the molecule is CC(C)c1cc(-c2ccccc2)cc(C(C)C)c1-n1ccnc1-c1ccccc1C1(C)C[C@H]1C. The van der Waals surface area contributed by atoms with Crippen LogP contribution < -0.4 is 0 Å². The summed E-state index contributed by atoms with van der Waals surface area (Å²) < 4.78 is 2.36. The average Bonchev–Trinajstić information content (AvgIpc) is 3.22. The Labute approximate surface area is 204 Å². The van der Waals surface area contributed by atoms with Gasteiger partial charge in [0, 0.05) is 18.0 Å². The Morgan fingerprint density at radius 2 is 1.44 bits per heavy atom. The molecule has 2 nitrogen and oxygen atoms in total. The summed E-state index contributed by atoms with van der Waals surface area (Å²) in [7, 11) is 0. The van der Waals surface area contributed by atoms with Crippen molar-refractivity contribution >= 4 is 0 Å². The topological polar surface area (TPSA) is 17.8 Å². The molecule has 0 amide bonds. The lowest BCUT2D eigenvalue weighted by atomic mass is 9.87. The lowest BCUT2D eigenvalue weighted by Crippen LogP contribution is -2.11. The van der Waals surface area contributed by atoms with Crippen LogP contribution >= 0.6 is 0 Å². The van der Waals surface area contributed by atoms with Crippen molar-refractivity contribution in [2.24, 2.45) is 5.92 Å². The van der Waals surface area contributed by atoms with E-state index in [0.29, 0.717) is 17.8 Å². The maximum atomic E-state index is 4.93. The second kappa shape index (κ2) is 8.58. The van der Waals surface area contributed by atoms with Crippen molar-refractivity contribution in [2.75, 3.05) is 0 Å². The van der Waals surface area contributed by atoms with Crippen molar-refractivity contribution in [2.45, 2.75) is 65.2 Å². The molecule has 0 bridgehead atoms. The quantitative estimate of drug-likeness (QED) is 0.288. The fraction of sp³-hybridized carbons (Fsp3) is 0.344. The maximum Gasteiger partial charge on any atom is 0.144 e. The van der Waals surface area contributed by atoms with Crippen LogP contribution in [0.3, 0.4) is 0 Å². The van der Waals surface area contributed by atoms with Crippen molar-refractivity contribution in [3.05, 3.63) is 95.8 Å². The number of imidazole rings is 1. The summed E-state index contributed by atoms with van der Waals surface area (Å²) in [6, 6.07) is 24.4. The van der Waals surface area contributed by atoms with Crippen LogP contribution in [0.25, 0.3) is 28.2 Å². The first kappa shape index (κ1) is 22.7. The monoisotopic (exact) mass is 448 g/mol. The van der Waals surface area contributed by atoms with E-state index in [-0.39, 0.29) is 5.41 Å². The molecule has 1 unspecified atom stereocenters. The second-order valence-corrected chi connectivity index (χ2v) is 10.9. The van der Waals surface area contributed by atoms with Crippen molar-refractivity contribution < 1.29 is 0 Å². The molecule has 1 aromatic heterocycles. The van der Waals surface area contributed by atoms with E-state index in [1.807, 2.05) is 6.20 Å². The summed E-state index contributed by atoms with van der Waals surface area (Å²) in [6.45, 7) is 14.0. The van der Waals surface area contributed by atoms with Gasteiger partial charge in [-0.3, -0.25) is 4.57 Å². The minimum Gasteiger partial charge on any atom is -0.299 e. The fourth-order valence-corrected chi connectivity index (χ4v) is 5.45. The van der Waals surface area contributed by atoms with E-state index in [4.69, 9.17) is 4.98 Å². The number of rotatable bonds is 6. The van der Waals surface area contributed by atoms with Gasteiger partial charge < -0.3 is 0 Å². The van der Waals surface area contributed by atoms with Gasteiger partial charge in [0.1, 0.15) is 5.82 Å². The Hall–Kier alpha value is -3.13. The lowest BCUT2D eigenvalue weighted by Gasteiger charge is -2.24. The molecule has 1 fully saturated rings. The minimum absolute atomic E-state index is 0.242. The zero-order chi connectivity index (χ0) is 24.0. The van der Waals surface area contributed by atoms with Gasteiger partial charge in [-0.25, -0.2) is 4.98 Å². The predicted molar refractivity (Wildman–Crippen MR) is 144 cm³/mol. The van der Waals surface area contributed by atoms with E-state index < -0.39 is 0 Å². The third kappa shape index (κ3) is 3.79. The van der Waals surface area contributed by atoms with E-state index in [2.05, 4.69) is 119 Å². The third-order valence-corrected chi connectivity index (χ3v) is 7.84. The van der Waals surface area contributed by atoms with E-state index in [1.165, 1.54) is 45.5 Å².